The Bertz CT molecular complexity index is 468. The van der Waals surface area contributed by atoms with Gasteiger partial charge in [0.15, 0.2) is 0 Å². The first kappa shape index (κ1) is 33.7. The van der Waals surface area contributed by atoms with Crippen molar-refractivity contribution < 1.29 is 33.6 Å². The number of hydrogen-bond donors (Lipinski definition) is 0. The van der Waals surface area contributed by atoms with Gasteiger partial charge in [-0.15, -0.1) is 0 Å². The van der Waals surface area contributed by atoms with E-state index < -0.39 is 12.3 Å². The molecule has 0 aliphatic carbocycles. The van der Waals surface area contributed by atoms with Gasteiger partial charge in [0.2, 0.25) is 0 Å². The largest absolute Gasteiger partial charge is 0.518 e. The lowest BCUT2D eigenvalue weighted by molar-refractivity contribution is -0.295. The molecule has 1 saturated heterocycles. The molecule has 37 heavy (non-hydrogen) atoms. The molecule has 0 amide bonds. The molecule has 0 unspecified atom stereocenters. The zero-order valence-electron chi connectivity index (χ0n) is 23.7. The molecule has 1 rings (SSSR count). The summed E-state index contributed by atoms with van der Waals surface area (Å²) >= 11 is 0. The van der Waals surface area contributed by atoms with E-state index in [1.807, 2.05) is 0 Å². The zero-order valence-corrected chi connectivity index (χ0v) is 23.7. The number of cyclic esters (lactones) is 4. The van der Waals surface area contributed by atoms with Gasteiger partial charge in [-0.1, -0.05) is 128 Å². The molecule has 7 heteroatoms. The molecule has 0 spiro atoms. The maximum absolute atomic E-state index is 11.6. The first-order valence-electron chi connectivity index (χ1n) is 15.5. The number of ether oxygens (including phenoxy) is 3. The standard InChI is InChI=1S/C30H56O7/c31-29-33-25-21-17-13-9-5-1-3-7-11-15-19-23-27-35-36-28-24-20-16-12-8-4-2-6-10-14-18-22-26-34-30(32)37-29/h1-28H2. The highest BCUT2D eigenvalue weighted by molar-refractivity contribution is 5.76. The van der Waals surface area contributed by atoms with Crippen LogP contribution in [0.25, 0.3) is 0 Å². The number of hydrogen-bond acceptors (Lipinski definition) is 7. The Labute approximate surface area is 226 Å². The van der Waals surface area contributed by atoms with Crippen molar-refractivity contribution in [2.24, 2.45) is 0 Å². The molecule has 1 aliphatic heterocycles. The van der Waals surface area contributed by atoms with E-state index in [9.17, 15) is 9.59 Å². The summed E-state index contributed by atoms with van der Waals surface area (Å²) in [6, 6.07) is 0. The van der Waals surface area contributed by atoms with E-state index in [4.69, 9.17) is 19.2 Å². The van der Waals surface area contributed by atoms with E-state index in [2.05, 4.69) is 4.74 Å². The second-order valence-electron chi connectivity index (χ2n) is 10.4. The zero-order chi connectivity index (χ0) is 26.5. The van der Waals surface area contributed by atoms with Crippen LogP contribution in [0.2, 0.25) is 0 Å². The molecule has 1 heterocycles. The smallest absolute Gasteiger partial charge is 0.434 e. The maximum Gasteiger partial charge on any atom is 0.518 e. The maximum atomic E-state index is 11.6. The molecule has 0 aromatic rings. The molecule has 0 N–H and O–H groups in total. The summed E-state index contributed by atoms with van der Waals surface area (Å²) < 4.78 is 14.5. The van der Waals surface area contributed by atoms with Gasteiger partial charge in [0.25, 0.3) is 0 Å². The fourth-order valence-corrected chi connectivity index (χ4v) is 4.62. The molecule has 218 valence electrons. The third-order valence-corrected chi connectivity index (χ3v) is 6.93. The summed E-state index contributed by atoms with van der Waals surface area (Å²) in [6.45, 7) is 2.00. The summed E-state index contributed by atoms with van der Waals surface area (Å²) in [5.74, 6) is 0. The van der Waals surface area contributed by atoms with Gasteiger partial charge in [0.1, 0.15) is 0 Å². The highest BCUT2D eigenvalue weighted by Gasteiger charge is 2.12. The van der Waals surface area contributed by atoms with Crippen LogP contribution in [0, 0.1) is 0 Å². The van der Waals surface area contributed by atoms with Gasteiger partial charge < -0.3 is 14.2 Å². The van der Waals surface area contributed by atoms with Crippen molar-refractivity contribution in [2.45, 2.75) is 154 Å². The fraction of sp³-hybridized carbons (Fsp3) is 0.933. The average molecular weight is 529 g/mol. The predicted octanol–water partition coefficient (Wildman–Crippen LogP) is 9.60. The molecule has 1 fully saturated rings. The van der Waals surface area contributed by atoms with Crippen LogP contribution < -0.4 is 0 Å². The fourth-order valence-electron chi connectivity index (χ4n) is 4.62. The lowest BCUT2D eigenvalue weighted by Gasteiger charge is -2.06. The van der Waals surface area contributed by atoms with Crippen molar-refractivity contribution in [3.8, 4) is 0 Å². The average Bonchev–Trinajstić information content (AvgIpc) is 2.88. The third kappa shape index (κ3) is 26.1. The van der Waals surface area contributed by atoms with Gasteiger partial charge in [-0.3, -0.25) is 0 Å². The van der Waals surface area contributed by atoms with Gasteiger partial charge in [-0.05, 0) is 25.7 Å². The van der Waals surface area contributed by atoms with Gasteiger partial charge in [-0.25, -0.2) is 19.4 Å². The number of carbonyl (C=O) groups is 2. The molecule has 0 aromatic heterocycles. The minimum Gasteiger partial charge on any atom is -0.434 e. The van der Waals surface area contributed by atoms with Crippen molar-refractivity contribution in [2.75, 3.05) is 26.4 Å². The molecule has 0 aromatic carbocycles. The van der Waals surface area contributed by atoms with E-state index in [0.29, 0.717) is 0 Å². The Morgan fingerprint density at radius 3 is 0.784 bits per heavy atom. The predicted molar refractivity (Wildman–Crippen MR) is 146 cm³/mol. The first-order valence-corrected chi connectivity index (χ1v) is 15.5. The van der Waals surface area contributed by atoms with Crippen LogP contribution in [-0.2, 0) is 24.0 Å². The van der Waals surface area contributed by atoms with Gasteiger partial charge >= 0.3 is 12.3 Å². The molecule has 0 atom stereocenters. The van der Waals surface area contributed by atoms with E-state index >= 15 is 0 Å². The molecular formula is C30H56O7. The van der Waals surface area contributed by atoms with Crippen LogP contribution in [0.1, 0.15) is 154 Å². The van der Waals surface area contributed by atoms with E-state index in [-0.39, 0.29) is 13.2 Å². The monoisotopic (exact) mass is 528 g/mol. The Morgan fingerprint density at radius 1 is 0.297 bits per heavy atom. The Morgan fingerprint density at radius 2 is 0.514 bits per heavy atom. The Kier molecular flexibility index (Phi) is 25.2. The summed E-state index contributed by atoms with van der Waals surface area (Å²) in [4.78, 5) is 33.8. The Balaban J connectivity index is 2.11. The van der Waals surface area contributed by atoms with Crippen molar-refractivity contribution in [3.63, 3.8) is 0 Å². The number of carbonyl (C=O) groups excluding carboxylic acids is 2. The van der Waals surface area contributed by atoms with Crippen molar-refractivity contribution in [3.05, 3.63) is 0 Å². The third-order valence-electron chi connectivity index (χ3n) is 6.93. The van der Waals surface area contributed by atoms with E-state index in [1.165, 1.54) is 103 Å². The molecule has 0 saturated carbocycles. The normalized spacial score (nSPS) is 22.8. The Hall–Kier alpha value is -1.34. The van der Waals surface area contributed by atoms with Crippen LogP contribution in [0.15, 0.2) is 0 Å². The summed E-state index contributed by atoms with van der Waals surface area (Å²) in [5, 5.41) is 0. The second-order valence-corrected chi connectivity index (χ2v) is 10.4. The minimum absolute atomic E-state index is 0.281. The van der Waals surface area contributed by atoms with Crippen molar-refractivity contribution >= 4 is 12.3 Å². The lowest BCUT2D eigenvalue weighted by Crippen LogP contribution is -2.16. The molecule has 1 aliphatic rings. The lowest BCUT2D eigenvalue weighted by atomic mass is 10.1. The topological polar surface area (TPSA) is 80.3 Å². The van der Waals surface area contributed by atoms with Crippen molar-refractivity contribution in [1.29, 1.82) is 0 Å². The molecular weight excluding hydrogens is 472 g/mol. The van der Waals surface area contributed by atoms with Crippen LogP contribution in [0.3, 0.4) is 0 Å². The van der Waals surface area contributed by atoms with Crippen molar-refractivity contribution in [1.82, 2.24) is 0 Å². The summed E-state index contributed by atoms with van der Waals surface area (Å²) in [6.07, 6.45) is 26.6. The van der Waals surface area contributed by atoms with E-state index in [1.54, 1.807) is 0 Å². The van der Waals surface area contributed by atoms with E-state index in [0.717, 1.165) is 64.6 Å². The quantitative estimate of drug-likeness (QED) is 0.176. The first-order chi connectivity index (χ1) is 18.3. The van der Waals surface area contributed by atoms with Crippen LogP contribution in [0.5, 0.6) is 0 Å². The summed E-state index contributed by atoms with van der Waals surface area (Å²) in [5.41, 5.74) is 0. The van der Waals surface area contributed by atoms with Crippen LogP contribution in [-0.4, -0.2) is 38.7 Å². The highest BCUT2D eigenvalue weighted by Crippen LogP contribution is 2.14. The SMILES string of the molecule is O=C1OCCCCCCCCCCCCCCOOCCCCCCCCCCCCCCOC(=O)O1. The molecule has 0 bridgehead atoms. The molecule has 0 radical (unpaired) electrons. The molecule has 7 nitrogen and oxygen atoms in total. The van der Waals surface area contributed by atoms with Gasteiger partial charge in [0.05, 0.1) is 26.4 Å². The highest BCUT2D eigenvalue weighted by atomic mass is 17.2. The number of rotatable bonds is 0. The van der Waals surface area contributed by atoms with Gasteiger partial charge in [0, 0.05) is 0 Å². The summed E-state index contributed by atoms with van der Waals surface area (Å²) in [7, 11) is 0. The van der Waals surface area contributed by atoms with Crippen LogP contribution >= 0.6 is 0 Å². The minimum atomic E-state index is -0.960. The van der Waals surface area contributed by atoms with Gasteiger partial charge in [-0.2, -0.15) is 0 Å². The van der Waals surface area contributed by atoms with Crippen LogP contribution in [0.4, 0.5) is 9.59 Å². The second kappa shape index (κ2) is 27.7.